The molecule has 0 spiro atoms. The second kappa shape index (κ2) is 9.40. The number of hydrogen-bond acceptors (Lipinski definition) is 4. The van der Waals surface area contributed by atoms with Crippen LogP contribution >= 0.6 is 38.9 Å². The van der Waals surface area contributed by atoms with Crippen LogP contribution in [0.15, 0.2) is 53.0 Å². The summed E-state index contributed by atoms with van der Waals surface area (Å²) in [5, 5.41) is 2.44. The van der Waals surface area contributed by atoms with Crippen LogP contribution < -0.4 is 10.0 Å². The lowest BCUT2D eigenvalue weighted by atomic mass is 10.1. The zero-order chi connectivity index (χ0) is 23.9. The Kier molecular flexibility index (Phi) is 6.90. The lowest BCUT2D eigenvalue weighted by molar-refractivity contribution is -0.120. The van der Waals surface area contributed by atoms with Crippen molar-refractivity contribution in [1.82, 2.24) is 9.03 Å². The van der Waals surface area contributed by atoms with Gasteiger partial charge in [0.2, 0.25) is 5.91 Å². The highest BCUT2D eigenvalue weighted by atomic mass is 79.9. The molecule has 2 N–H and O–H groups in total. The maximum absolute atomic E-state index is 13.9. The molecule has 12 heteroatoms. The van der Waals surface area contributed by atoms with Crippen molar-refractivity contribution in [3.05, 3.63) is 74.5 Å². The molecule has 1 fully saturated rings. The van der Waals surface area contributed by atoms with Crippen LogP contribution in [-0.2, 0) is 15.0 Å². The molecule has 1 aliphatic heterocycles. The molecular weight excluding hydrogens is 560 g/mol. The van der Waals surface area contributed by atoms with Gasteiger partial charge in [-0.3, -0.25) is 4.79 Å². The summed E-state index contributed by atoms with van der Waals surface area (Å²) >= 11 is 10.2. The number of amides is 1. The minimum Gasteiger partial charge on any atom is -0.325 e. The third kappa shape index (κ3) is 5.13. The van der Waals surface area contributed by atoms with E-state index in [4.69, 9.17) is 11.6 Å². The number of hydrogen-bond donors (Lipinski definition) is 2. The summed E-state index contributed by atoms with van der Waals surface area (Å²) in [5.41, 5.74) is 0.910. The predicted molar refractivity (Wildman–Crippen MR) is 128 cm³/mol. The molecule has 1 aliphatic rings. The average Bonchev–Trinajstić information content (AvgIpc) is 3.25. The number of benzene rings is 2. The normalized spacial score (nSPS) is 20.5. The van der Waals surface area contributed by atoms with E-state index in [9.17, 15) is 22.0 Å². The van der Waals surface area contributed by atoms with Gasteiger partial charge in [-0.05, 0) is 70.4 Å². The highest BCUT2D eigenvalue weighted by Crippen LogP contribution is 2.37. The highest BCUT2D eigenvalue weighted by molar-refractivity contribution is 9.10. The molecule has 1 saturated heterocycles. The van der Waals surface area contributed by atoms with E-state index in [1.807, 2.05) is 0 Å². The standard InChI is InChI=1S/C21H17BrClF2N3O3S2/c1-28-18(21(29)26-12-3-5-15(24)14(23)9-12)10-17(27-33(28,30)31)20-7-6-19(32-20)11-2-4-13(22)16(25)8-11/h2-9,17-18,27H,10H2,1H3,(H,26,29)/t17-,18+/m0/s1. The molecular formula is C21H17BrClF2N3O3S2. The maximum atomic E-state index is 13.9. The van der Waals surface area contributed by atoms with Gasteiger partial charge in [0.1, 0.15) is 17.7 Å². The third-order valence-corrected chi connectivity index (χ3v) is 9.01. The lowest BCUT2D eigenvalue weighted by Crippen LogP contribution is -2.55. The van der Waals surface area contributed by atoms with Gasteiger partial charge in [0.05, 0.1) is 15.5 Å². The maximum Gasteiger partial charge on any atom is 0.280 e. The highest BCUT2D eigenvalue weighted by Gasteiger charge is 2.41. The first-order valence-corrected chi connectivity index (χ1v) is 13.0. The number of rotatable bonds is 4. The first kappa shape index (κ1) is 24.2. The van der Waals surface area contributed by atoms with Crippen molar-refractivity contribution in [3.8, 4) is 10.4 Å². The van der Waals surface area contributed by atoms with Gasteiger partial charge in [-0.2, -0.15) is 17.4 Å². The fourth-order valence-electron chi connectivity index (χ4n) is 3.44. The Balaban J connectivity index is 1.57. The quantitative estimate of drug-likeness (QED) is 0.441. The summed E-state index contributed by atoms with van der Waals surface area (Å²) in [5.74, 6) is -1.60. The van der Waals surface area contributed by atoms with Crippen molar-refractivity contribution >= 4 is 60.7 Å². The van der Waals surface area contributed by atoms with E-state index >= 15 is 0 Å². The molecule has 2 aromatic carbocycles. The fourth-order valence-corrected chi connectivity index (χ4v) is 6.28. The molecule has 0 saturated carbocycles. The van der Waals surface area contributed by atoms with E-state index in [0.717, 1.165) is 15.2 Å². The lowest BCUT2D eigenvalue weighted by Gasteiger charge is -2.35. The Labute approximate surface area is 206 Å². The van der Waals surface area contributed by atoms with Crippen molar-refractivity contribution in [2.24, 2.45) is 0 Å². The summed E-state index contributed by atoms with van der Waals surface area (Å²) in [6, 6.07) is 10.3. The fraction of sp³-hybridized carbons (Fsp3) is 0.190. The number of nitrogens with one attached hydrogen (secondary N) is 2. The molecule has 0 unspecified atom stereocenters. The zero-order valence-corrected chi connectivity index (χ0v) is 21.0. The van der Waals surface area contributed by atoms with Crippen LogP contribution in [0.5, 0.6) is 0 Å². The van der Waals surface area contributed by atoms with E-state index in [-0.39, 0.29) is 17.1 Å². The van der Waals surface area contributed by atoms with Gasteiger partial charge in [-0.15, -0.1) is 11.3 Å². The molecule has 2 atom stereocenters. The average molecular weight is 577 g/mol. The number of carbonyl (C=O) groups is 1. The number of halogens is 4. The first-order valence-electron chi connectivity index (χ1n) is 9.61. The molecule has 1 aromatic heterocycles. The number of likely N-dealkylation sites (N-methyl/N-ethyl adjacent to an activating group) is 1. The number of anilines is 1. The Bertz CT molecular complexity index is 1340. The van der Waals surface area contributed by atoms with Crippen molar-refractivity contribution in [1.29, 1.82) is 0 Å². The topological polar surface area (TPSA) is 78.5 Å². The van der Waals surface area contributed by atoms with Gasteiger partial charge in [-0.25, -0.2) is 8.78 Å². The number of carbonyl (C=O) groups excluding carboxylic acids is 1. The van der Waals surface area contributed by atoms with Gasteiger partial charge in [-0.1, -0.05) is 17.7 Å². The molecule has 0 radical (unpaired) electrons. The second-order valence-corrected chi connectivity index (χ2v) is 11.5. The molecule has 6 nitrogen and oxygen atoms in total. The monoisotopic (exact) mass is 575 g/mol. The molecule has 33 heavy (non-hydrogen) atoms. The molecule has 174 valence electrons. The summed E-state index contributed by atoms with van der Waals surface area (Å²) in [6.07, 6.45) is 0.158. The molecule has 4 rings (SSSR count). The van der Waals surface area contributed by atoms with Crippen LogP contribution in [0.25, 0.3) is 10.4 Å². The predicted octanol–water partition coefficient (Wildman–Crippen LogP) is 5.33. The van der Waals surface area contributed by atoms with Gasteiger partial charge in [0, 0.05) is 22.5 Å². The molecule has 0 aliphatic carbocycles. The molecule has 0 bridgehead atoms. The smallest absolute Gasteiger partial charge is 0.280 e. The van der Waals surface area contributed by atoms with Crippen molar-refractivity contribution < 1.29 is 22.0 Å². The van der Waals surface area contributed by atoms with Crippen LogP contribution in [-0.4, -0.2) is 31.7 Å². The van der Waals surface area contributed by atoms with Crippen LogP contribution in [0, 0.1) is 11.6 Å². The SMILES string of the molecule is CN1[C@@H](C(=O)Nc2ccc(F)c(Cl)c2)C[C@@H](c2ccc(-c3ccc(Br)c(F)c3)s2)NS1(=O)=O. The Hall–Kier alpha value is -1.89. The van der Waals surface area contributed by atoms with Gasteiger partial charge < -0.3 is 5.32 Å². The minimum absolute atomic E-state index is 0.158. The Morgan fingerprint density at radius 3 is 2.64 bits per heavy atom. The van der Waals surface area contributed by atoms with E-state index in [1.54, 1.807) is 24.3 Å². The molecule has 1 amide bonds. The minimum atomic E-state index is -3.95. The Morgan fingerprint density at radius 1 is 1.18 bits per heavy atom. The Morgan fingerprint density at radius 2 is 1.94 bits per heavy atom. The largest absolute Gasteiger partial charge is 0.325 e. The second-order valence-electron chi connectivity index (χ2n) is 7.39. The molecule has 3 aromatic rings. The summed E-state index contributed by atoms with van der Waals surface area (Å²) in [4.78, 5) is 14.4. The van der Waals surface area contributed by atoms with E-state index in [1.165, 1.54) is 36.6 Å². The van der Waals surface area contributed by atoms with Crippen LogP contribution in [0.3, 0.4) is 0 Å². The van der Waals surface area contributed by atoms with Gasteiger partial charge in [0.25, 0.3) is 10.2 Å². The van der Waals surface area contributed by atoms with Crippen molar-refractivity contribution in [2.45, 2.75) is 18.5 Å². The van der Waals surface area contributed by atoms with Gasteiger partial charge >= 0.3 is 0 Å². The van der Waals surface area contributed by atoms with Crippen molar-refractivity contribution in [2.75, 3.05) is 12.4 Å². The summed E-state index contributed by atoms with van der Waals surface area (Å²) < 4.78 is 56.6. The summed E-state index contributed by atoms with van der Waals surface area (Å²) in [6.45, 7) is 0. The molecule has 2 heterocycles. The van der Waals surface area contributed by atoms with Crippen LogP contribution in [0.1, 0.15) is 17.3 Å². The zero-order valence-electron chi connectivity index (χ0n) is 17.0. The van der Waals surface area contributed by atoms with Crippen LogP contribution in [0.4, 0.5) is 14.5 Å². The van der Waals surface area contributed by atoms with Crippen LogP contribution in [0.2, 0.25) is 5.02 Å². The van der Waals surface area contributed by atoms with E-state index < -0.39 is 39.8 Å². The van der Waals surface area contributed by atoms with Crippen molar-refractivity contribution in [3.63, 3.8) is 0 Å². The number of thiophene rings is 1. The van der Waals surface area contributed by atoms with E-state index in [2.05, 4.69) is 26.0 Å². The first-order chi connectivity index (χ1) is 15.5. The number of nitrogens with zero attached hydrogens (tertiary/aromatic N) is 1. The van der Waals surface area contributed by atoms with Gasteiger partial charge in [0.15, 0.2) is 0 Å². The summed E-state index contributed by atoms with van der Waals surface area (Å²) in [7, 11) is -2.64. The van der Waals surface area contributed by atoms with E-state index in [0.29, 0.717) is 14.9 Å². The third-order valence-electron chi connectivity index (χ3n) is 5.23.